The molecule has 0 bridgehead atoms. The number of carbonyl (C=O) groups excluding carboxylic acids is 2. The number of anilines is 2. The molecule has 7 heteroatoms. The molecule has 25 heavy (non-hydrogen) atoms. The van der Waals surface area contributed by atoms with Gasteiger partial charge in [-0.05, 0) is 43.5 Å². The summed E-state index contributed by atoms with van der Waals surface area (Å²) < 4.78 is 0. The average Bonchev–Trinajstić information content (AvgIpc) is 2.87. The molecule has 2 aliphatic heterocycles. The minimum Gasteiger partial charge on any atom is -0.392 e. The van der Waals surface area contributed by atoms with E-state index < -0.39 is 6.10 Å². The fraction of sp³-hybridized carbons (Fsp3) is 0.556. The fourth-order valence-electron chi connectivity index (χ4n) is 3.26. The predicted molar refractivity (Wildman–Crippen MR) is 96.5 cm³/mol. The maximum absolute atomic E-state index is 12.3. The Hall–Kier alpha value is -2.12. The molecule has 3 amide bonds. The summed E-state index contributed by atoms with van der Waals surface area (Å²) in [6.07, 6.45) is 4.45. The van der Waals surface area contributed by atoms with Crippen molar-refractivity contribution in [3.8, 4) is 0 Å². The number of aliphatic hydroxyl groups is 1. The Bertz CT molecular complexity index is 597. The normalized spacial score (nSPS) is 23.8. The molecule has 2 fully saturated rings. The Morgan fingerprint density at radius 2 is 1.60 bits per heavy atom. The number of likely N-dealkylation sites (tertiary alicyclic amines) is 1. The molecular formula is C18H26N4O3. The lowest BCUT2D eigenvalue weighted by atomic mass is 10.2. The van der Waals surface area contributed by atoms with Crippen molar-refractivity contribution in [3.63, 3.8) is 0 Å². The van der Waals surface area contributed by atoms with Crippen LogP contribution < -0.4 is 16.0 Å². The Morgan fingerprint density at radius 3 is 2.16 bits per heavy atom. The zero-order valence-electron chi connectivity index (χ0n) is 14.3. The van der Waals surface area contributed by atoms with Crippen molar-refractivity contribution in [2.24, 2.45) is 0 Å². The summed E-state index contributed by atoms with van der Waals surface area (Å²) in [6, 6.07) is 6.66. The first kappa shape index (κ1) is 17.7. The second-order valence-corrected chi connectivity index (χ2v) is 6.75. The zero-order chi connectivity index (χ0) is 17.6. The monoisotopic (exact) mass is 346 g/mol. The van der Waals surface area contributed by atoms with Gasteiger partial charge < -0.3 is 26.0 Å². The van der Waals surface area contributed by atoms with Crippen molar-refractivity contribution in [2.75, 3.05) is 30.3 Å². The second-order valence-electron chi connectivity index (χ2n) is 6.75. The van der Waals surface area contributed by atoms with Crippen molar-refractivity contribution in [1.82, 2.24) is 10.2 Å². The highest BCUT2D eigenvalue weighted by Gasteiger charge is 2.27. The molecule has 7 nitrogen and oxygen atoms in total. The van der Waals surface area contributed by atoms with Crippen LogP contribution in [0.5, 0.6) is 0 Å². The van der Waals surface area contributed by atoms with Gasteiger partial charge in [-0.15, -0.1) is 0 Å². The Kier molecular flexibility index (Phi) is 5.88. The first-order chi connectivity index (χ1) is 12.1. The minimum absolute atomic E-state index is 0.0668. The smallest absolute Gasteiger partial charge is 0.321 e. The number of aliphatic hydroxyl groups excluding tert-OH is 1. The SMILES string of the molecule is O=C(Nc1ccc(NC(=O)N2CCCCCC2)cc1)[C@H]1C[C@H](O)CN1. The number of nitrogens with zero attached hydrogens (tertiary/aromatic N) is 1. The molecule has 2 atom stereocenters. The quantitative estimate of drug-likeness (QED) is 0.671. The van der Waals surface area contributed by atoms with E-state index in [9.17, 15) is 14.7 Å². The molecule has 1 aromatic rings. The second kappa shape index (κ2) is 8.31. The zero-order valence-corrected chi connectivity index (χ0v) is 14.3. The van der Waals surface area contributed by atoms with Crippen LogP contribution in [0, 0.1) is 0 Å². The summed E-state index contributed by atoms with van der Waals surface area (Å²) in [5.74, 6) is -0.155. The largest absolute Gasteiger partial charge is 0.392 e. The van der Waals surface area contributed by atoms with Crippen LogP contribution in [0.15, 0.2) is 24.3 Å². The van der Waals surface area contributed by atoms with E-state index in [-0.39, 0.29) is 18.0 Å². The van der Waals surface area contributed by atoms with Crippen molar-refractivity contribution in [2.45, 2.75) is 44.2 Å². The predicted octanol–water partition coefficient (Wildman–Crippen LogP) is 1.76. The van der Waals surface area contributed by atoms with Crippen LogP contribution in [-0.4, -0.2) is 53.7 Å². The molecular weight excluding hydrogens is 320 g/mol. The Balaban J connectivity index is 1.51. The van der Waals surface area contributed by atoms with Gasteiger partial charge in [0.15, 0.2) is 0 Å². The fourth-order valence-corrected chi connectivity index (χ4v) is 3.26. The van der Waals surface area contributed by atoms with E-state index in [2.05, 4.69) is 16.0 Å². The first-order valence-electron chi connectivity index (χ1n) is 9.00. The lowest BCUT2D eigenvalue weighted by Gasteiger charge is -2.20. The summed E-state index contributed by atoms with van der Waals surface area (Å²) in [4.78, 5) is 26.3. The van der Waals surface area contributed by atoms with E-state index in [0.717, 1.165) is 25.9 Å². The molecule has 2 saturated heterocycles. The molecule has 0 aliphatic carbocycles. The number of urea groups is 1. The van der Waals surface area contributed by atoms with Crippen LogP contribution in [0.1, 0.15) is 32.1 Å². The van der Waals surface area contributed by atoms with E-state index in [1.54, 1.807) is 24.3 Å². The molecule has 136 valence electrons. The van der Waals surface area contributed by atoms with Crippen molar-refractivity contribution >= 4 is 23.3 Å². The van der Waals surface area contributed by atoms with Gasteiger partial charge in [0.25, 0.3) is 0 Å². The third-order valence-corrected chi connectivity index (χ3v) is 4.72. The third kappa shape index (κ3) is 4.93. The van der Waals surface area contributed by atoms with Crippen molar-refractivity contribution in [3.05, 3.63) is 24.3 Å². The molecule has 0 radical (unpaired) electrons. The molecule has 1 aromatic carbocycles. The number of rotatable bonds is 3. The van der Waals surface area contributed by atoms with Crippen LogP contribution in [0.25, 0.3) is 0 Å². The molecule has 0 saturated carbocycles. The van der Waals surface area contributed by atoms with Gasteiger partial charge in [-0.3, -0.25) is 4.79 Å². The first-order valence-corrected chi connectivity index (χ1v) is 9.00. The van der Waals surface area contributed by atoms with Gasteiger partial charge >= 0.3 is 6.03 Å². The number of amides is 3. The van der Waals surface area contributed by atoms with Gasteiger partial charge in [-0.2, -0.15) is 0 Å². The van der Waals surface area contributed by atoms with E-state index in [1.165, 1.54) is 12.8 Å². The molecule has 2 heterocycles. The maximum atomic E-state index is 12.3. The van der Waals surface area contributed by atoms with E-state index in [0.29, 0.717) is 24.3 Å². The number of hydrogen-bond donors (Lipinski definition) is 4. The third-order valence-electron chi connectivity index (χ3n) is 4.72. The molecule has 0 spiro atoms. The molecule has 2 aliphatic rings. The van der Waals surface area contributed by atoms with Gasteiger partial charge in [0.1, 0.15) is 0 Å². The van der Waals surface area contributed by atoms with Gasteiger partial charge in [0, 0.05) is 31.0 Å². The highest BCUT2D eigenvalue weighted by atomic mass is 16.3. The van der Waals surface area contributed by atoms with E-state index in [1.807, 2.05) is 4.90 Å². The summed E-state index contributed by atoms with van der Waals surface area (Å²) in [6.45, 7) is 2.06. The van der Waals surface area contributed by atoms with E-state index in [4.69, 9.17) is 0 Å². The lowest BCUT2D eigenvalue weighted by molar-refractivity contribution is -0.117. The van der Waals surface area contributed by atoms with Crippen molar-refractivity contribution < 1.29 is 14.7 Å². The minimum atomic E-state index is -0.465. The van der Waals surface area contributed by atoms with Crippen LogP contribution in [0.4, 0.5) is 16.2 Å². The topological polar surface area (TPSA) is 93.7 Å². The summed E-state index contributed by atoms with van der Waals surface area (Å²) >= 11 is 0. The highest BCUT2D eigenvalue weighted by molar-refractivity contribution is 5.95. The van der Waals surface area contributed by atoms with Crippen LogP contribution >= 0.6 is 0 Å². The van der Waals surface area contributed by atoms with Crippen LogP contribution in [0.3, 0.4) is 0 Å². The van der Waals surface area contributed by atoms with Crippen LogP contribution in [0.2, 0.25) is 0 Å². The maximum Gasteiger partial charge on any atom is 0.321 e. The molecule has 4 N–H and O–H groups in total. The van der Waals surface area contributed by atoms with Gasteiger partial charge in [-0.25, -0.2) is 4.79 Å². The van der Waals surface area contributed by atoms with Crippen LogP contribution in [-0.2, 0) is 4.79 Å². The summed E-state index contributed by atoms with van der Waals surface area (Å²) in [5.41, 5.74) is 1.38. The number of carbonyl (C=O) groups is 2. The van der Waals surface area contributed by atoms with Gasteiger partial charge in [-0.1, -0.05) is 12.8 Å². The molecule has 0 aromatic heterocycles. The van der Waals surface area contributed by atoms with Crippen molar-refractivity contribution in [1.29, 1.82) is 0 Å². The summed E-state index contributed by atoms with van der Waals surface area (Å²) in [7, 11) is 0. The Morgan fingerprint density at radius 1 is 1.00 bits per heavy atom. The average molecular weight is 346 g/mol. The summed E-state index contributed by atoms with van der Waals surface area (Å²) in [5, 5.41) is 18.2. The van der Waals surface area contributed by atoms with Gasteiger partial charge in [0.2, 0.25) is 5.91 Å². The van der Waals surface area contributed by atoms with E-state index >= 15 is 0 Å². The number of benzene rings is 1. The van der Waals surface area contributed by atoms with Gasteiger partial charge in [0.05, 0.1) is 12.1 Å². The molecule has 3 rings (SSSR count). The highest BCUT2D eigenvalue weighted by Crippen LogP contribution is 2.17. The molecule has 0 unspecified atom stereocenters. The Labute approximate surface area is 147 Å². The standard InChI is InChI=1S/C18H26N4O3/c23-15-11-16(19-12-15)17(24)20-13-5-7-14(8-6-13)21-18(25)22-9-3-1-2-4-10-22/h5-8,15-16,19,23H,1-4,9-12H2,(H,20,24)(H,21,25)/t15-,16+/m0/s1. The number of β-amino-alcohol motifs (C(OH)–C–C–N with tert-alkyl or cyclic N) is 1. The number of nitrogens with one attached hydrogen (secondary N) is 3. The lowest BCUT2D eigenvalue weighted by Crippen LogP contribution is -2.35. The number of hydrogen-bond acceptors (Lipinski definition) is 4.